The van der Waals surface area contributed by atoms with Crippen molar-refractivity contribution in [1.82, 2.24) is 24.5 Å². The summed E-state index contributed by atoms with van der Waals surface area (Å²) in [4.78, 5) is 15.2. The summed E-state index contributed by atoms with van der Waals surface area (Å²) < 4.78 is 3.81. The van der Waals surface area contributed by atoms with Crippen molar-refractivity contribution in [1.29, 1.82) is 0 Å². The van der Waals surface area contributed by atoms with E-state index >= 15 is 0 Å². The first-order valence-corrected chi connectivity index (χ1v) is 10.0. The molecule has 1 aromatic carbocycles. The summed E-state index contributed by atoms with van der Waals surface area (Å²) in [6.07, 6.45) is 9.94. The van der Waals surface area contributed by atoms with E-state index in [9.17, 15) is 4.79 Å². The Balaban J connectivity index is 1.48. The van der Waals surface area contributed by atoms with E-state index in [1.54, 1.807) is 6.20 Å². The van der Waals surface area contributed by atoms with E-state index in [0.717, 1.165) is 54.7 Å². The third-order valence-corrected chi connectivity index (χ3v) is 5.82. The molecule has 1 unspecified atom stereocenters. The van der Waals surface area contributed by atoms with Gasteiger partial charge in [0.25, 0.3) is 5.91 Å². The number of aromatic nitrogens is 4. The zero-order chi connectivity index (χ0) is 19.5. The SMILES string of the molecule is Cc1c(-c2ccc(C(=O)N3CCCCC3CCn3cccn3)cc2)cnn1C. The summed E-state index contributed by atoms with van der Waals surface area (Å²) in [5.74, 6) is 0.139. The van der Waals surface area contributed by atoms with Crippen LogP contribution < -0.4 is 0 Å². The lowest BCUT2D eigenvalue weighted by Gasteiger charge is -2.36. The third kappa shape index (κ3) is 3.72. The Morgan fingerprint density at radius 1 is 1.18 bits per heavy atom. The molecule has 3 heterocycles. The highest BCUT2D eigenvalue weighted by Gasteiger charge is 2.27. The molecule has 0 radical (unpaired) electrons. The Morgan fingerprint density at radius 2 is 2.00 bits per heavy atom. The van der Waals surface area contributed by atoms with Gasteiger partial charge in [-0.15, -0.1) is 0 Å². The third-order valence-electron chi connectivity index (χ3n) is 5.82. The van der Waals surface area contributed by atoms with Gasteiger partial charge in [-0.05, 0) is 56.4 Å². The van der Waals surface area contributed by atoms with E-state index in [-0.39, 0.29) is 11.9 Å². The maximum atomic E-state index is 13.2. The highest BCUT2D eigenvalue weighted by atomic mass is 16.2. The molecule has 28 heavy (non-hydrogen) atoms. The van der Waals surface area contributed by atoms with Gasteiger partial charge < -0.3 is 4.90 Å². The maximum absolute atomic E-state index is 13.2. The van der Waals surface area contributed by atoms with Crippen molar-refractivity contribution in [2.75, 3.05) is 6.54 Å². The minimum absolute atomic E-state index is 0.139. The van der Waals surface area contributed by atoms with Crippen molar-refractivity contribution in [3.8, 4) is 11.1 Å². The highest BCUT2D eigenvalue weighted by molar-refractivity contribution is 5.95. The first-order valence-electron chi connectivity index (χ1n) is 10.0. The second kappa shape index (κ2) is 8.00. The van der Waals surface area contributed by atoms with Gasteiger partial charge in [-0.3, -0.25) is 14.2 Å². The monoisotopic (exact) mass is 377 g/mol. The molecule has 6 heteroatoms. The molecule has 1 fully saturated rings. The van der Waals surface area contributed by atoms with Crippen molar-refractivity contribution in [3.63, 3.8) is 0 Å². The van der Waals surface area contributed by atoms with E-state index in [1.165, 1.54) is 6.42 Å². The molecular formula is C22H27N5O. The number of amides is 1. The molecule has 4 rings (SSSR count). The summed E-state index contributed by atoms with van der Waals surface area (Å²) in [5, 5.41) is 8.59. The molecule has 1 atom stereocenters. The van der Waals surface area contributed by atoms with Crippen LogP contribution in [-0.2, 0) is 13.6 Å². The Kier molecular flexibility index (Phi) is 5.28. The first kappa shape index (κ1) is 18.5. The van der Waals surface area contributed by atoms with Gasteiger partial charge in [-0.25, -0.2) is 0 Å². The summed E-state index contributed by atoms with van der Waals surface area (Å²) in [5.41, 5.74) is 4.08. The van der Waals surface area contributed by atoms with Gasteiger partial charge in [0.05, 0.1) is 6.20 Å². The van der Waals surface area contributed by atoms with E-state index in [4.69, 9.17) is 0 Å². The van der Waals surface area contributed by atoms with Crippen molar-refractivity contribution in [2.45, 2.75) is 45.2 Å². The summed E-state index contributed by atoms with van der Waals surface area (Å²) >= 11 is 0. The molecule has 1 aliphatic heterocycles. The van der Waals surface area contributed by atoms with Crippen molar-refractivity contribution in [2.24, 2.45) is 7.05 Å². The quantitative estimate of drug-likeness (QED) is 0.682. The average molecular weight is 377 g/mol. The van der Waals surface area contributed by atoms with Gasteiger partial charge in [0, 0.05) is 55.4 Å². The molecule has 0 aliphatic carbocycles. The number of nitrogens with zero attached hydrogens (tertiary/aromatic N) is 5. The van der Waals surface area contributed by atoms with E-state index in [0.29, 0.717) is 0 Å². The van der Waals surface area contributed by atoms with Crippen LogP contribution >= 0.6 is 0 Å². The average Bonchev–Trinajstić information content (AvgIpc) is 3.37. The van der Waals surface area contributed by atoms with E-state index in [2.05, 4.69) is 22.0 Å². The molecule has 1 saturated heterocycles. The van der Waals surface area contributed by atoms with Gasteiger partial charge in [-0.1, -0.05) is 12.1 Å². The minimum atomic E-state index is 0.139. The van der Waals surface area contributed by atoms with Gasteiger partial charge in [-0.2, -0.15) is 10.2 Å². The lowest BCUT2D eigenvalue weighted by Crippen LogP contribution is -2.44. The highest BCUT2D eigenvalue weighted by Crippen LogP contribution is 2.26. The number of carbonyl (C=O) groups excluding carboxylic acids is 1. The largest absolute Gasteiger partial charge is 0.336 e. The Bertz CT molecular complexity index is 927. The molecule has 0 spiro atoms. The number of hydrogen-bond donors (Lipinski definition) is 0. The molecule has 0 saturated carbocycles. The van der Waals surface area contributed by atoms with Crippen LogP contribution in [0.15, 0.2) is 48.9 Å². The van der Waals surface area contributed by atoms with Crippen LogP contribution in [0, 0.1) is 6.92 Å². The summed E-state index contributed by atoms with van der Waals surface area (Å²) in [6, 6.07) is 10.2. The van der Waals surface area contributed by atoms with Crippen molar-refractivity contribution < 1.29 is 4.79 Å². The van der Waals surface area contributed by atoms with Crippen LogP contribution in [0.3, 0.4) is 0 Å². The van der Waals surface area contributed by atoms with Crippen LogP contribution in [0.1, 0.15) is 41.7 Å². The van der Waals surface area contributed by atoms with Gasteiger partial charge in [0.1, 0.15) is 0 Å². The van der Waals surface area contributed by atoms with E-state index < -0.39 is 0 Å². The maximum Gasteiger partial charge on any atom is 0.254 e. The molecule has 146 valence electrons. The summed E-state index contributed by atoms with van der Waals surface area (Å²) in [7, 11) is 1.94. The predicted molar refractivity (Wildman–Crippen MR) is 109 cm³/mol. The van der Waals surface area contributed by atoms with Crippen molar-refractivity contribution >= 4 is 5.91 Å². The zero-order valence-electron chi connectivity index (χ0n) is 16.6. The molecule has 1 amide bonds. The number of carbonyl (C=O) groups is 1. The Labute approximate surface area is 165 Å². The Morgan fingerprint density at radius 3 is 2.68 bits per heavy atom. The molecule has 1 aliphatic rings. The predicted octanol–water partition coefficient (Wildman–Crippen LogP) is 3.68. The fourth-order valence-electron chi connectivity index (χ4n) is 4.02. The molecule has 2 aromatic heterocycles. The Hall–Kier alpha value is -2.89. The fourth-order valence-corrected chi connectivity index (χ4v) is 4.02. The second-order valence-corrected chi connectivity index (χ2v) is 7.55. The lowest BCUT2D eigenvalue weighted by molar-refractivity contribution is 0.0594. The van der Waals surface area contributed by atoms with Crippen LogP contribution in [0.25, 0.3) is 11.1 Å². The topological polar surface area (TPSA) is 56.0 Å². The molecular weight excluding hydrogens is 350 g/mol. The van der Waals surface area contributed by atoms with Crippen LogP contribution in [-0.4, -0.2) is 43.0 Å². The molecule has 6 nitrogen and oxygen atoms in total. The minimum Gasteiger partial charge on any atom is -0.336 e. The van der Waals surface area contributed by atoms with Crippen molar-refractivity contribution in [3.05, 3.63) is 60.2 Å². The van der Waals surface area contributed by atoms with E-state index in [1.807, 2.05) is 59.1 Å². The molecule has 0 bridgehead atoms. The second-order valence-electron chi connectivity index (χ2n) is 7.55. The lowest BCUT2D eigenvalue weighted by atomic mass is 9.97. The van der Waals surface area contributed by atoms with Gasteiger partial charge in [0.2, 0.25) is 0 Å². The van der Waals surface area contributed by atoms with Crippen LogP contribution in [0.4, 0.5) is 0 Å². The zero-order valence-corrected chi connectivity index (χ0v) is 16.6. The number of rotatable bonds is 5. The number of aryl methyl sites for hydroxylation is 2. The molecule has 0 N–H and O–H groups in total. The number of likely N-dealkylation sites (tertiary alicyclic amines) is 1. The van der Waals surface area contributed by atoms with Crippen LogP contribution in [0.5, 0.6) is 0 Å². The molecule has 3 aromatic rings. The smallest absolute Gasteiger partial charge is 0.254 e. The van der Waals surface area contributed by atoms with Crippen LogP contribution in [0.2, 0.25) is 0 Å². The number of benzene rings is 1. The fraction of sp³-hybridized carbons (Fsp3) is 0.409. The summed E-state index contributed by atoms with van der Waals surface area (Å²) in [6.45, 7) is 3.74. The number of piperidine rings is 1. The number of hydrogen-bond acceptors (Lipinski definition) is 3. The standard InChI is InChI=1S/C22H27N5O/c1-17-21(16-24-25(17)2)18-7-9-19(10-8-18)22(28)27-14-4-3-6-20(27)11-15-26-13-5-12-23-26/h5,7-10,12-13,16,20H,3-4,6,11,14-15H2,1-2H3. The normalized spacial score (nSPS) is 17.1. The van der Waals surface area contributed by atoms with Gasteiger partial charge >= 0.3 is 0 Å². The first-order chi connectivity index (χ1) is 13.6. The van der Waals surface area contributed by atoms with Gasteiger partial charge in [0.15, 0.2) is 0 Å².